The first-order valence-electron chi connectivity index (χ1n) is 9.81. The molecule has 0 spiro atoms. The molecule has 1 N–H and O–H groups in total. The molecule has 2 fully saturated rings. The molecule has 6 nitrogen and oxygen atoms in total. The van der Waals surface area contributed by atoms with E-state index in [9.17, 15) is 0 Å². The van der Waals surface area contributed by atoms with E-state index < -0.39 is 0 Å². The molecule has 3 heterocycles. The minimum atomic E-state index is -0.364. The number of anilines is 1. The minimum Gasteiger partial charge on any atom is -0.399 e. The van der Waals surface area contributed by atoms with Crippen LogP contribution in [0.15, 0.2) is 24.4 Å². The topological polar surface area (TPSA) is 59.5 Å². The van der Waals surface area contributed by atoms with Gasteiger partial charge in [-0.1, -0.05) is 12.1 Å². The summed E-state index contributed by atoms with van der Waals surface area (Å²) in [6, 6.07) is 6.58. The quantitative estimate of drug-likeness (QED) is 0.840. The molecule has 1 aromatic carbocycles. The summed E-state index contributed by atoms with van der Waals surface area (Å²) in [6.07, 6.45) is 4.13. The van der Waals surface area contributed by atoms with E-state index in [1.807, 2.05) is 18.3 Å². The van der Waals surface area contributed by atoms with Crippen LogP contribution in [0.4, 0.5) is 5.95 Å². The second-order valence-corrected chi connectivity index (χ2v) is 8.82. The average molecular weight is 368 g/mol. The third-order valence-electron chi connectivity index (χ3n) is 6.18. The number of likely N-dealkylation sites (tertiary alicyclic amines) is 1. The molecular formula is C20H29BN4O2. The van der Waals surface area contributed by atoms with Crippen LogP contribution in [-0.4, -0.2) is 59.4 Å². The Morgan fingerprint density at radius 2 is 1.78 bits per heavy atom. The maximum atomic E-state index is 6.15. The van der Waals surface area contributed by atoms with Crippen LogP contribution >= 0.6 is 0 Å². The van der Waals surface area contributed by atoms with E-state index in [0.29, 0.717) is 12.0 Å². The Bertz CT molecular complexity index is 818. The Labute approximate surface area is 161 Å². The first-order valence-corrected chi connectivity index (χ1v) is 9.81. The van der Waals surface area contributed by atoms with Crippen molar-refractivity contribution in [2.45, 2.75) is 57.8 Å². The Kier molecular flexibility index (Phi) is 4.65. The Morgan fingerprint density at radius 3 is 2.44 bits per heavy atom. The van der Waals surface area contributed by atoms with E-state index in [2.05, 4.69) is 56.0 Å². The summed E-state index contributed by atoms with van der Waals surface area (Å²) in [6.45, 7) is 10.5. The molecule has 0 aliphatic carbocycles. The lowest BCUT2D eigenvalue weighted by Gasteiger charge is -2.32. The largest absolute Gasteiger partial charge is 0.494 e. The minimum absolute atomic E-state index is 0.342. The van der Waals surface area contributed by atoms with E-state index >= 15 is 0 Å². The van der Waals surface area contributed by atoms with Crippen molar-refractivity contribution in [2.24, 2.45) is 0 Å². The molecule has 2 saturated heterocycles. The van der Waals surface area contributed by atoms with Gasteiger partial charge in [0.2, 0.25) is 5.95 Å². The van der Waals surface area contributed by atoms with Crippen LogP contribution in [0.25, 0.3) is 10.9 Å². The van der Waals surface area contributed by atoms with Gasteiger partial charge in [-0.25, -0.2) is 9.97 Å². The van der Waals surface area contributed by atoms with E-state index in [1.54, 1.807) is 0 Å². The average Bonchev–Trinajstić information content (AvgIpc) is 2.84. The highest BCUT2D eigenvalue weighted by atomic mass is 16.7. The van der Waals surface area contributed by atoms with Gasteiger partial charge in [0.05, 0.1) is 16.7 Å². The predicted octanol–water partition coefficient (Wildman–Crippen LogP) is 2.44. The zero-order valence-electron chi connectivity index (χ0n) is 17.0. The van der Waals surface area contributed by atoms with Crippen molar-refractivity contribution in [3.8, 4) is 0 Å². The number of benzene rings is 1. The first kappa shape index (κ1) is 18.7. The second kappa shape index (κ2) is 6.72. The zero-order valence-corrected chi connectivity index (χ0v) is 17.0. The van der Waals surface area contributed by atoms with Gasteiger partial charge < -0.3 is 19.5 Å². The van der Waals surface area contributed by atoms with E-state index in [-0.39, 0.29) is 18.3 Å². The fraction of sp³-hybridized carbons (Fsp3) is 0.600. The molecule has 0 amide bonds. The third kappa shape index (κ3) is 3.68. The van der Waals surface area contributed by atoms with Gasteiger partial charge in [0.1, 0.15) is 0 Å². The van der Waals surface area contributed by atoms with Crippen molar-refractivity contribution in [1.82, 2.24) is 14.9 Å². The molecule has 2 aromatic rings. The predicted molar refractivity (Wildman–Crippen MR) is 109 cm³/mol. The van der Waals surface area contributed by atoms with Gasteiger partial charge in [-0.3, -0.25) is 0 Å². The molecule has 4 rings (SSSR count). The molecule has 7 heteroatoms. The molecule has 0 atom stereocenters. The van der Waals surface area contributed by atoms with Crippen LogP contribution in [0.5, 0.6) is 0 Å². The maximum absolute atomic E-state index is 6.15. The molecule has 0 radical (unpaired) electrons. The fourth-order valence-electron chi connectivity index (χ4n) is 3.58. The molecule has 2 aliphatic heterocycles. The highest BCUT2D eigenvalue weighted by Gasteiger charge is 2.51. The van der Waals surface area contributed by atoms with Crippen LogP contribution < -0.4 is 10.8 Å². The van der Waals surface area contributed by atoms with Crippen LogP contribution in [0.2, 0.25) is 0 Å². The summed E-state index contributed by atoms with van der Waals surface area (Å²) in [5.41, 5.74) is 1.25. The van der Waals surface area contributed by atoms with Gasteiger partial charge in [-0.15, -0.1) is 0 Å². The Hall–Kier alpha value is -1.70. The zero-order chi connectivity index (χ0) is 19.2. The maximum Gasteiger partial charge on any atom is 0.494 e. The van der Waals surface area contributed by atoms with Crippen molar-refractivity contribution >= 4 is 29.4 Å². The summed E-state index contributed by atoms with van der Waals surface area (Å²) < 4.78 is 12.3. The lowest BCUT2D eigenvalue weighted by molar-refractivity contribution is 0.00578. The highest BCUT2D eigenvalue weighted by molar-refractivity contribution is 6.62. The summed E-state index contributed by atoms with van der Waals surface area (Å²) in [7, 11) is 1.80. The molecule has 0 unspecified atom stereocenters. The summed E-state index contributed by atoms with van der Waals surface area (Å²) >= 11 is 0. The fourth-order valence-corrected chi connectivity index (χ4v) is 3.58. The number of hydrogen-bond donors (Lipinski definition) is 1. The molecular weight excluding hydrogens is 339 g/mol. The SMILES string of the molecule is CN1CCC(Nc2ncc3cc(B4OC(C)(C)C(C)(C)O4)ccc3n2)CC1. The number of hydrogen-bond acceptors (Lipinski definition) is 6. The van der Waals surface area contributed by atoms with E-state index in [0.717, 1.165) is 42.3 Å². The van der Waals surface area contributed by atoms with Crippen LogP contribution in [-0.2, 0) is 9.31 Å². The molecule has 0 saturated carbocycles. The third-order valence-corrected chi connectivity index (χ3v) is 6.18. The summed E-state index contributed by atoms with van der Waals surface area (Å²) in [5, 5.41) is 4.48. The van der Waals surface area contributed by atoms with Gasteiger partial charge in [-0.05, 0) is 72.2 Å². The molecule has 144 valence electrons. The number of fused-ring (bicyclic) bond motifs is 1. The van der Waals surface area contributed by atoms with E-state index in [4.69, 9.17) is 14.3 Å². The normalized spacial score (nSPS) is 23.1. The van der Waals surface area contributed by atoms with Crippen molar-refractivity contribution in [3.63, 3.8) is 0 Å². The van der Waals surface area contributed by atoms with Crippen LogP contribution in [0.1, 0.15) is 40.5 Å². The van der Waals surface area contributed by atoms with Crippen LogP contribution in [0, 0.1) is 0 Å². The van der Waals surface area contributed by atoms with E-state index in [1.165, 1.54) is 0 Å². The van der Waals surface area contributed by atoms with Crippen molar-refractivity contribution in [1.29, 1.82) is 0 Å². The smallest absolute Gasteiger partial charge is 0.399 e. The lowest BCUT2D eigenvalue weighted by Crippen LogP contribution is -2.41. The van der Waals surface area contributed by atoms with Gasteiger partial charge in [0.15, 0.2) is 0 Å². The van der Waals surface area contributed by atoms with Gasteiger partial charge in [-0.2, -0.15) is 0 Å². The molecule has 2 aliphatic rings. The van der Waals surface area contributed by atoms with Crippen molar-refractivity contribution < 1.29 is 9.31 Å². The number of nitrogens with zero attached hydrogens (tertiary/aromatic N) is 3. The molecule has 27 heavy (non-hydrogen) atoms. The first-order chi connectivity index (χ1) is 12.7. The molecule has 1 aromatic heterocycles. The standard InChI is InChI=1S/C20H29BN4O2/c1-19(2)20(3,4)27-21(26-19)15-6-7-17-14(12-15)13-22-18(24-17)23-16-8-10-25(5)11-9-16/h6-7,12-13,16H,8-11H2,1-5H3,(H,22,23,24). The summed E-state index contributed by atoms with van der Waals surface area (Å²) in [5.74, 6) is 0.709. The monoisotopic (exact) mass is 368 g/mol. The summed E-state index contributed by atoms with van der Waals surface area (Å²) in [4.78, 5) is 11.6. The van der Waals surface area contributed by atoms with Crippen LogP contribution in [0.3, 0.4) is 0 Å². The Balaban J connectivity index is 1.51. The number of nitrogens with one attached hydrogen (secondary N) is 1. The number of aromatic nitrogens is 2. The van der Waals surface area contributed by atoms with Crippen molar-refractivity contribution in [3.05, 3.63) is 24.4 Å². The highest BCUT2D eigenvalue weighted by Crippen LogP contribution is 2.36. The lowest BCUT2D eigenvalue weighted by atomic mass is 9.78. The van der Waals surface area contributed by atoms with Gasteiger partial charge in [0.25, 0.3) is 0 Å². The van der Waals surface area contributed by atoms with Gasteiger partial charge in [0, 0.05) is 17.6 Å². The Morgan fingerprint density at radius 1 is 1.11 bits per heavy atom. The second-order valence-electron chi connectivity index (χ2n) is 8.82. The number of rotatable bonds is 3. The molecule has 0 bridgehead atoms. The van der Waals surface area contributed by atoms with Gasteiger partial charge >= 0.3 is 7.12 Å². The number of piperidine rings is 1. The van der Waals surface area contributed by atoms with Crippen molar-refractivity contribution in [2.75, 3.05) is 25.5 Å².